The Balaban J connectivity index is 2.04. The lowest BCUT2D eigenvalue weighted by Crippen LogP contribution is -2.28. The molecule has 1 spiro atoms. The topological polar surface area (TPSA) is 48.1 Å². The summed E-state index contributed by atoms with van der Waals surface area (Å²) in [4.78, 5) is 11.1. The number of esters is 1. The lowest BCUT2D eigenvalue weighted by molar-refractivity contribution is -0.142. The summed E-state index contributed by atoms with van der Waals surface area (Å²) < 4.78 is 15.2. The molecule has 0 saturated carbocycles. The van der Waals surface area contributed by atoms with Crippen molar-refractivity contribution in [1.82, 2.24) is 0 Å². The minimum atomic E-state index is -0.389. The molecule has 2 rings (SSSR count). The molecule has 0 bridgehead atoms. The third kappa shape index (κ3) is 0.881. The fraction of sp³-hybridized carbons (Fsp3) is 0.875. The normalized spacial score (nSPS) is 44.8. The first-order valence-corrected chi connectivity index (χ1v) is 4.08. The summed E-state index contributed by atoms with van der Waals surface area (Å²) in [5, 5.41) is 0. The van der Waals surface area contributed by atoms with Crippen molar-refractivity contribution < 1.29 is 19.0 Å². The van der Waals surface area contributed by atoms with Crippen molar-refractivity contribution in [2.24, 2.45) is 0 Å². The molecule has 0 aliphatic carbocycles. The number of carbonyl (C=O) groups excluding carboxylic acids is 1. The van der Waals surface area contributed by atoms with E-state index < -0.39 is 0 Å². The zero-order valence-corrected chi connectivity index (χ0v) is 7.20. The Kier molecular flexibility index (Phi) is 1.63. The number of rotatable bonds is 1. The molecule has 3 atom stereocenters. The first kappa shape index (κ1) is 8.01. The van der Waals surface area contributed by atoms with Gasteiger partial charge in [-0.25, -0.2) is 4.79 Å². The molecule has 0 radical (unpaired) electrons. The Morgan fingerprint density at radius 3 is 2.92 bits per heavy atom. The third-order valence-corrected chi connectivity index (χ3v) is 2.69. The van der Waals surface area contributed by atoms with Gasteiger partial charge >= 0.3 is 5.97 Å². The minimum Gasteiger partial charge on any atom is -0.467 e. The molecule has 0 aromatic rings. The minimum absolute atomic E-state index is 0.0154. The van der Waals surface area contributed by atoms with Crippen LogP contribution in [0.1, 0.15) is 13.3 Å². The van der Waals surface area contributed by atoms with E-state index in [-0.39, 0.29) is 23.8 Å². The van der Waals surface area contributed by atoms with Gasteiger partial charge in [-0.15, -0.1) is 0 Å². The molecule has 0 aromatic carbocycles. The maximum atomic E-state index is 11.1. The zero-order valence-electron chi connectivity index (χ0n) is 7.20. The highest BCUT2D eigenvalue weighted by Crippen LogP contribution is 2.48. The number of carbonyl (C=O) groups is 1. The molecule has 12 heavy (non-hydrogen) atoms. The van der Waals surface area contributed by atoms with Crippen LogP contribution in [-0.2, 0) is 19.0 Å². The van der Waals surface area contributed by atoms with Crippen LogP contribution in [0.25, 0.3) is 0 Å². The van der Waals surface area contributed by atoms with Crippen LogP contribution in [-0.4, -0.2) is 37.5 Å². The summed E-state index contributed by atoms with van der Waals surface area (Å²) in [6, 6.07) is 0. The van der Waals surface area contributed by atoms with Crippen molar-refractivity contribution >= 4 is 5.97 Å². The number of methoxy groups -OCH3 is 1. The fourth-order valence-electron chi connectivity index (χ4n) is 1.78. The van der Waals surface area contributed by atoms with Crippen LogP contribution in [0.2, 0.25) is 0 Å². The van der Waals surface area contributed by atoms with Gasteiger partial charge < -0.3 is 14.2 Å². The second-order valence-electron chi connectivity index (χ2n) is 3.24. The highest BCUT2D eigenvalue weighted by atomic mass is 16.7. The summed E-state index contributed by atoms with van der Waals surface area (Å²) in [6.45, 7) is 2.60. The molecule has 2 aliphatic heterocycles. The monoisotopic (exact) mass is 172 g/mol. The molecular weight excluding hydrogens is 160 g/mol. The number of hydrogen-bond acceptors (Lipinski definition) is 4. The molecule has 3 unspecified atom stereocenters. The van der Waals surface area contributed by atoms with E-state index in [1.807, 2.05) is 6.92 Å². The number of epoxide rings is 1. The van der Waals surface area contributed by atoms with Crippen LogP contribution in [0.15, 0.2) is 0 Å². The van der Waals surface area contributed by atoms with Crippen molar-refractivity contribution in [2.75, 3.05) is 13.7 Å². The molecular formula is C8H12O4. The highest BCUT2D eigenvalue weighted by molar-refractivity contribution is 5.79. The van der Waals surface area contributed by atoms with Gasteiger partial charge in [0.1, 0.15) is 5.60 Å². The standard InChI is InChI=1S/C8H12O4/c1-5-8(3-4-11-5)6(12-8)7(9)10-2/h5-6H,3-4H2,1-2H3. The lowest BCUT2D eigenvalue weighted by atomic mass is 9.98. The molecule has 2 heterocycles. The van der Waals surface area contributed by atoms with E-state index in [2.05, 4.69) is 4.74 Å². The predicted octanol–water partition coefficient (Wildman–Crippen LogP) is 0.106. The van der Waals surface area contributed by atoms with Crippen molar-refractivity contribution in [3.63, 3.8) is 0 Å². The maximum absolute atomic E-state index is 11.1. The molecule has 4 nitrogen and oxygen atoms in total. The van der Waals surface area contributed by atoms with Crippen LogP contribution in [0.4, 0.5) is 0 Å². The van der Waals surface area contributed by atoms with E-state index in [0.29, 0.717) is 6.61 Å². The Morgan fingerprint density at radius 2 is 2.42 bits per heavy atom. The quantitative estimate of drug-likeness (QED) is 0.416. The molecule has 0 aromatic heterocycles. The summed E-state index contributed by atoms with van der Waals surface area (Å²) in [5.74, 6) is -0.285. The predicted molar refractivity (Wildman–Crippen MR) is 39.7 cm³/mol. The summed E-state index contributed by atoms with van der Waals surface area (Å²) >= 11 is 0. The third-order valence-electron chi connectivity index (χ3n) is 2.69. The summed E-state index contributed by atoms with van der Waals surface area (Å²) in [7, 11) is 1.37. The van der Waals surface area contributed by atoms with Crippen LogP contribution < -0.4 is 0 Å². The average molecular weight is 172 g/mol. The molecule has 68 valence electrons. The van der Waals surface area contributed by atoms with Crippen molar-refractivity contribution in [1.29, 1.82) is 0 Å². The van der Waals surface area contributed by atoms with E-state index in [1.165, 1.54) is 7.11 Å². The van der Waals surface area contributed by atoms with Gasteiger partial charge in [-0.1, -0.05) is 0 Å². The molecule has 0 N–H and O–H groups in total. The Hall–Kier alpha value is -0.610. The van der Waals surface area contributed by atoms with Crippen LogP contribution in [0.5, 0.6) is 0 Å². The van der Waals surface area contributed by atoms with Gasteiger partial charge in [0.05, 0.1) is 19.8 Å². The SMILES string of the molecule is COC(=O)C1OC12CCOC2C. The van der Waals surface area contributed by atoms with E-state index in [1.54, 1.807) is 0 Å². The lowest BCUT2D eigenvalue weighted by Gasteiger charge is -2.07. The maximum Gasteiger partial charge on any atom is 0.338 e. The van der Waals surface area contributed by atoms with Gasteiger partial charge in [-0.05, 0) is 6.92 Å². The summed E-state index contributed by atoms with van der Waals surface area (Å²) in [6.07, 6.45) is 0.426. The van der Waals surface area contributed by atoms with Crippen molar-refractivity contribution in [3.05, 3.63) is 0 Å². The van der Waals surface area contributed by atoms with E-state index >= 15 is 0 Å². The fourth-order valence-corrected chi connectivity index (χ4v) is 1.78. The zero-order chi connectivity index (χ0) is 8.77. The van der Waals surface area contributed by atoms with E-state index in [0.717, 1.165) is 6.42 Å². The van der Waals surface area contributed by atoms with Crippen LogP contribution in [0.3, 0.4) is 0 Å². The van der Waals surface area contributed by atoms with Gasteiger partial charge in [-0.2, -0.15) is 0 Å². The van der Waals surface area contributed by atoms with Crippen molar-refractivity contribution in [3.8, 4) is 0 Å². The van der Waals surface area contributed by atoms with Gasteiger partial charge in [0.2, 0.25) is 0 Å². The molecule has 2 fully saturated rings. The van der Waals surface area contributed by atoms with E-state index in [9.17, 15) is 4.79 Å². The highest BCUT2D eigenvalue weighted by Gasteiger charge is 2.67. The Labute approximate surface area is 70.8 Å². The summed E-state index contributed by atoms with van der Waals surface area (Å²) in [5.41, 5.74) is -0.354. The van der Waals surface area contributed by atoms with Gasteiger partial charge in [0.15, 0.2) is 6.10 Å². The average Bonchev–Trinajstić information content (AvgIpc) is 2.68. The van der Waals surface area contributed by atoms with Gasteiger partial charge in [0.25, 0.3) is 0 Å². The first-order valence-electron chi connectivity index (χ1n) is 4.08. The molecule has 2 aliphatic rings. The molecule has 4 heteroatoms. The van der Waals surface area contributed by atoms with E-state index in [4.69, 9.17) is 9.47 Å². The largest absolute Gasteiger partial charge is 0.467 e. The first-order chi connectivity index (χ1) is 5.70. The second kappa shape index (κ2) is 2.44. The molecule has 2 saturated heterocycles. The number of hydrogen-bond donors (Lipinski definition) is 0. The van der Waals surface area contributed by atoms with Crippen LogP contribution >= 0.6 is 0 Å². The Bertz CT molecular complexity index is 215. The smallest absolute Gasteiger partial charge is 0.338 e. The Morgan fingerprint density at radius 1 is 1.67 bits per heavy atom. The second-order valence-corrected chi connectivity index (χ2v) is 3.24. The van der Waals surface area contributed by atoms with Gasteiger partial charge in [0, 0.05) is 6.42 Å². The number of ether oxygens (including phenoxy) is 3. The van der Waals surface area contributed by atoms with Gasteiger partial charge in [-0.3, -0.25) is 0 Å². The van der Waals surface area contributed by atoms with Crippen molar-refractivity contribution in [2.45, 2.75) is 31.2 Å². The van der Waals surface area contributed by atoms with Crippen LogP contribution in [0, 0.1) is 0 Å². The molecule has 0 amide bonds.